The SMILES string of the molecule is CCn1c(SCC(=O)NCCNC(=O)c2ccccc2)nnc1-c1ccccc1C. The van der Waals surface area contributed by atoms with Crippen molar-refractivity contribution in [3.8, 4) is 11.4 Å². The monoisotopic (exact) mass is 423 g/mol. The Bertz CT molecular complexity index is 1000. The molecule has 1 aromatic heterocycles. The summed E-state index contributed by atoms with van der Waals surface area (Å²) >= 11 is 1.35. The van der Waals surface area contributed by atoms with Crippen LogP contribution in [0.5, 0.6) is 0 Å². The molecule has 0 aliphatic rings. The Labute approximate surface area is 180 Å². The largest absolute Gasteiger partial charge is 0.354 e. The van der Waals surface area contributed by atoms with E-state index in [1.807, 2.05) is 60.9 Å². The predicted molar refractivity (Wildman–Crippen MR) is 118 cm³/mol. The van der Waals surface area contributed by atoms with Crippen LogP contribution in [0.15, 0.2) is 59.8 Å². The highest BCUT2D eigenvalue weighted by atomic mass is 32.2. The molecule has 0 spiro atoms. The number of nitrogens with zero attached hydrogens (tertiary/aromatic N) is 3. The summed E-state index contributed by atoms with van der Waals surface area (Å²) < 4.78 is 2.01. The molecule has 0 unspecified atom stereocenters. The third-order valence-electron chi connectivity index (χ3n) is 4.52. The van der Waals surface area contributed by atoms with Gasteiger partial charge in [-0.3, -0.25) is 9.59 Å². The highest BCUT2D eigenvalue weighted by Crippen LogP contribution is 2.26. The zero-order chi connectivity index (χ0) is 21.3. The van der Waals surface area contributed by atoms with Crippen LogP contribution in [0, 0.1) is 6.92 Å². The van der Waals surface area contributed by atoms with Gasteiger partial charge in [-0.2, -0.15) is 0 Å². The maximum absolute atomic E-state index is 12.2. The van der Waals surface area contributed by atoms with Crippen LogP contribution in [-0.4, -0.2) is 45.4 Å². The average Bonchev–Trinajstić information content (AvgIpc) is 3.18. The number of amides is 2. The summed E-state index contributed by atoms with van der Waals surface area (Å²) in [5.41, 5.74) is 2.77. The number of hydrogen-bond donors (Lipinski definition) is 2. The van der Waals surface area contributed by atoms with Crippen molar-refractivity contribution in [2.45, 2.75) is 25.5 Å². The number of aryl methyl sites for hydroxylation is 1. The first-order valence-corrected chi connectivity index (χ1v) is 10.8. The molecular formula is C22H25N5O2S. The van der Waals surface area contributed by atoms with Gasteiger partial charge in [0.1, 0.15) is 0 Å². The van der Waals surface area contributed by atoms with Gasteiger partial charge in [0.05, 0.1) is 5.75 Å². The first kappa shape index (κ1) is 21.6. The normalized spacial score (nSPS) is 10.6. The molecule has 0 radical (unpaired) electrons. The predicted octanol–water partition coefficient (Wildman–Crippen LogP) is 2.91. The molecule has 3 rings (SSSR count). The smallest absolute Gasteiger partial charge is 0.251 e. The second-order valence-corrected chi connectivity index (χ2v) is 7.57. The first-order valence-electron chi connectivity index (χ1n) is 9.82. The Morgan fingerprint density at radius 3 is 2.40 bits per heavy atom. The number of aromatic nitrogens is 3. The van der Waals surface area contributed by atoms with Gasteiger partial charge in [-0.1, -0.05) is 54.2 Å². The lowest BCUT2D eigenvalue weighted by molar-refractivity contribution is -0.118. The molecule has 0 aliphatic carbocycles. The van der Waals surface area contributed by atoms with E-state index in [0.29, 0.717) is 30.4 Å². The molecule has 0 aliphatic heterocycles. The lowest BCUT2D eigenvalue weighted by Gasteiger charge is -2.09. The van der Waals surface area contributed by atoms with E-state index in [4.69, 9.17) is 0 Å². The van der Waals surface area contributed by atoms with Gasteiger partial charge < -0.3 is 15.2 Å². The Balaban J connectivity index is 1.47. The van der Waals surface area contributed by atoms with Gasteiger partial charge in [0, 0.05) is 30.8 Å². The fraction of sp³-hybridized carbons (Fsp3) is 0.273. The molecule has 30 heavy (non-hydrogen) atoms. The highest BCUT2D eigenvalue weighted by Gasteiger charge is 2.15. The van der Waals surface area contributed by atoms with Crippen LogP contribution in [0.4, 0.5) is 0 Å². The minimum absolute atomic E-state index is 0.114. The third kappa shape index (κ3) is 5.48. The van der Waals surface area contributed by atoms with E-state index in [1.54, 1.807) is 12.1 Å². The minimum atomic E-state index is -0.154. The third-order valence-corrected chi connectivity index (χ3v) is 5.49. The Kier molecular flexibility index (Phi) is 7.62. The molecule has 2 N–H and O–H groups in total. The Morgan fingerprint density at radius 2 is 1.67 bits per heavy atom. The molecule has 0 bridgehead atoms. The number of rotatable bonds is 9. The minimum Gasteiger partial charge on any atom is -0.354 e. The average molecular weight is 424 g/mol. The van der Waals surface area contributed by atoms with Gasteiger partial charge in [0.2, 0.25) is 5.91 Å². The van der Waals surface area contributed by atoms with Crippen molar-refractivity contribution in [3.63, 3.8) is 0 Å². The molecule has 8 heteroatoms. The number of carbonyl (C=O) groups is 2. The topological polar surface area (TPSA) is 88.9 Å². The molecule has 0 fully saturated rings. The first-order chi connectivity index (χ1) is 14.6. The van der Waals surface area contributed by atoms with Gasteiger partial charge in [0.25, 0.3) is 5.91 Å². The van der Waals surface area contributed by atoms with Crippen LogP contribution in [0.25, 0.3) is 11.4 Å². The summed E-state index contributed by atoms with van der Waals surface area (Å²) in [6.45, 7) is 5.53. The van der Waals surface area contributed by atoms with E-state index in [-0.39, 0.29) is 17.6 Å². The molecular weight excluding hydrogens is 398 g/mol. The van der Waals surface area contributed by atoms with Gasteiger partial charge >= 0.3 is 0 Å². The van der Waals surface area contributed by atoms with Crippen molar-refractivity contribution in [2.24, 2.45) is 0 Å². The highest BCUT2D eigenvalue weighted by molar-refractivity contribution is 7.99. The van der Waals surface area contributed by atoms with Gasteiger partial charge in [0.15, 0.2) is 11.0 Å². The lowest BCUT2D eigenvalue weighted by Crippen LogP contribution is -2.35. The van der Waals surface area contributed by atoms with Crippen LogP contribution in [0.1, 0.15) is 22.8 Å². The summed E-state index contributed by atoms with van der Waals surface area (Å²) in [6.07, 6.45) is 0. The van der Waals surface area contributed by atoms with E-state index in [1.165, 1.54) is 11.8 Å². The van der Waals surface area contributed by atoms with Gasteiger partial charge in [-0.25, -0.2) is 0 Å². The van der Waals surface area contributed by atoms with Crippen molar-refractivity contribution < 1.29 is 9.59 Å². The van der Waals surface area contributed by atoms with Gasteiger partial charge in [-0.15, -0.1) is 10.2 Å². The van der Waals surface area contributed by atoms with Crippen LogP contribution in [-0.2, 0) is 11.3 Å². The molecule has 0 saturated heterocycles. The van der Waals surface area contributed by atoms with E-state index in [9.17, 15) is 9.59 Å². The Hall–Kier alpha value is -3.13. The van der Waals surface area contributed by atoms with Crippen LogP contribution in [0.3, 0.4) is 0 Å². The van der Waals surface area contributed by atoms with Crippen LogP contribution >= 0.6 is 11.8 Å². The van der Waals surface area contributed by atoms with Crippen molar-refractivity contribution >= 4 is 23.6 Å². The summed E-state index contributed by atoms with van der Waals surface area (Å²) in [5, 5.41) is 14.9. The second kappa shape index (κ2) is 10.6. The van der Waals surface area contributed by atoms with Crippen molar-refractivity contribution in [2.75, 3.05) is 18.8 Å². The number of carbonyl (C=O) groups excluding carboxylic acids is 2. The van der Waals surface area contributed by atoms with E-state index in [2.05, 4.69) is 20.8 Å². The maximum Gasteiger partial charge on any atom is 0.251 e. The molecule has 7 nitrogen and oxygen atoms in total. The molecule has 156 valence electrons. The van der Waals surface area contributed by atoms with Crippen LogP contribution in [0.2, 0.25) is 0 Å². The summed E-state index contributed by atoms with van der Waals surface area (Å²) in [7, 11) is 0. The summed E-state index contributed by atoms with van der Waals surface area (Å²) in [4.78, 5) is 24.1. The number of benzene rings is 2. The van der Waals surface area contributed by atoms with Crippen molar-refractivity contribution in [1.29, 1.82) is 0 Å². The number of nitrogens with one attached hydrogen (secondary N) is 2. The quantitative estimate of drug-likeness (QED) is 0.408. The molecule has 2 amide bonds. The summed E-state index contributed by atoms with van der Waals surface area (Å²) in [5.74, 6) is 0.775. The molecule has 0 saturated carbocycles. The standard InChI is InChI=1S/C22H25N5O2S/c1-3-27-20(18-12-8-7-9-16(18)2)25-26-22(27)30-15-19(28)23-13-14-24-21(29)17-10-5-4-6-11-17/h4-12H,3,13-15H2,1-2H3,(H,23,28)(H,24,29). The van der Waals surface area contributed by atoms with Gasteiger partial charge in [-0.05, 0) is 31.5 Å². The fourth-order valence-corrected chi connectivity index (χ4v) is 3.79. The maximum atomic E-state index is 12.2. The lowest BCUT2D eigenvalue weighted by atomic mass is 10.1. The molecule has 0 atom stereocenters. The van der Waals surface area contributed by atoms with Crippen molar-refractivity contribution in [3.05, 3.63) is 65.7 Å². The molecule has 1 heterocycles. The summed E-state index contributed by atoms with van der Waals surface area (Å²) in [6, 6.07) is 17.0. The Morgan fingerprint density at radius 1 is 0.967 bits per heavy atom. The second-order valence-electron chi connectivity index (χ2n) is 6.63. The van der Waals surface area contributed by atoms with E-state index in [0.717, 1.165) is 17.0 Å². The molecule has 3 aromatic rings. The fourth-order valence-electron chi connectivity index (χ4n) is 2.95. The molecule has 2 aromatic carbocycles. The zero-order valence-corrected chi connectivity index (χ0v) is 17.9. The zero-order valence-electron chi connectivity index (χ0n) is 17.1. The van der Waals surface area contributed by atoms with Crippen molar-refractivity contribution in [1.82, 2.24) is 25.4 Å². The number of hydrogen-bond acceptors (Lipinski definition) is 5. The van der Waals surface area contributed by atoms with Crippen LogP contribution < -0.4 is 10.6 Å². The van der Waals surface area contributed by atoms with E-state index < -0.39 is 0 Å². The van der Waals surface area contributed by atoms with E-state index >= 15 is 0 Å². The number of thioether (sulfide) groups is 1.